The minimum Gasteiger partial charge on any atom is -0.462 e. The predicted octanol–water partition coefficient (Wildman–Crippen LogP) is 3.06. The molecule has 0 N–H and O–H groups in total. The van der Waals surface area contributed by atoms with Crippen molar-refractivity contribution in [2.24, 2.45) is 28.6 Å². The third-order valence-electron chi connectivity index (χ3n) is 10.8. The number of carbonyl (C=O) groups excluding carboxylic acids is 3. The van der Waals surface area contributed by atoms with Gasteiger partial charge in [-0.2, -0.15) is 0 Å². The van der Waals surface area contributed by atoms with Crippen LogP contribution in [0.1, 0.15) is 67.2 Å². The number of epoxide rings is 1. The Labute approximate surface area is 229 Å². The van der Waals surface area contributed by atoms with Gasteiger partial charge in [0.2, 0.25) is 6.29 Å². The number of ether oxygens (including phenoxy) is 7. The lowest BCUT2D eigenvalue weighted by molar-refractivity contribution is -0.400. The first-order valence-corrected chi connectivity index (χ1v) is 14.2. The number of hydrogen-bond acceptors (Lipinski definition) is 10. The first-order chi connectivity index (χ1) is 18.5. The summed E-state index contributed by atoms with van der Waals surface area (Å²) in [6.45, 7) is 11.7. The molecule has 5 saturated heterocycles. The van der Waals surface area contributed by atoms with Crippen LogP contribution in [-0.4, -0.2) is 73.7 Å². The van der Waals surface area contributed by atoms with Crippen LogP contribution in [0.2, 0.25) is 0 Å². The molecule has 12 unspecified atom stereocenters. The van der Waals surface area contributed by atoms with Crippen molar-refractivity contribution in [3.8, 4) is 0 Å². The molecule has 2 bridgehead atoms. The Morgan fingerprint density at radius 3 is 2.33 bits per heavy atom. The second kappa shape index (κ2) is 9.26. The van der Waals surface area contributed by atoms with Gasteiger partial charge in [0, 0.05) is 43.1 Å². The number of fused-ring (bicyclic) bond motifs is 2. The van der Waals surface area contributed by atoms with Crippen molar-refractivity contribution in [1.82, 2.24) is 0 Å². The van der Waals surface area contributed by atoms with Gasteiger partial charge in [-0.15, -0.1) is 0 Å². The Hall–Kier alpha value is -2.01. The molecule has 2 saturated carbocycles. The van der Waals surface area contributed by atoms with Crippen LogP contribution in [0.5, 0.6) is 0 Å². The van der Waals surface area contributed by atoms with Gasteiger partial charge in [0.05, 0.1) is 19.3 Å². The molecule has 12 atom stereocenters. The molecule has 7 fully saturated rings. The van der Waals surface area contributed by atoms with E-state index in [9.17, 15) is 14.4 Å². The molecule has 10 heteroatoms. The summed E-state index contributed by atoms with van der Waals surface area (Å²) in [5.74, 6) is -1.53. The van der Waals surface area contributed by atoms with Crippen LogP contribution in [0, 0.1) is 28.6 Å². The SMILES string of the molecule is CC=C(C)C(=O)OC1C2CC3(CO3)C3(C(OC(C)=O)CC(C)C(C)(C4CC5CCOC5O4)C13)C(OC(C)=O)O2. The van der Waals surface area contributed by atoms with Crippen molar-refractivity contribution in [1.29, 1.82) is 0 Å². The minimum atomic E-state index is -1.10. The van der Waals surface area contributed by atoms with Gasteiger partial charge in [-0.25, -0.2) is 4.79 Å². The summed E-state index contributed by atoms with van der Waals surface area (Å²) in [6.07, 6.45) is 0.945. The van der Waals surface area contributed by atoms with Crippen LogP contribution < -0.4 is 0 Å². The third kappa shape index (κ3) is 3.77. The molecule has 7 aliphatic rings. The Balaban J connectivity index is 1.53. The van der Waals surface area contributed by atoms with E-state index in [0.717, 1.165) is 12.8 Å². The molecule has 7 rings (SSSR count). The fourth-order valence-electron chi connectivity index (χ4n) is 8.69. The molecule has 10 nitrogen and oxygen atoms in total. The molecule has 2 spiro atoms. The van der Waals surface area contributed by atoms with Crippen LogP contribution in [0.4, 0.5) is 0 Å². The van der Waals surface area contributed by atoms with Gasteiger partial charge in [-0.05, 0) is 39.0 Å². The highest BCUT2D eigenvalue weighted by Gasteiger charge is 2.86. The zero-order chi connectivity index (χ0) is 27.9. The van der Waals surface area contributed by atoms with Gasteiger partial charge >= 0.3 is 17.9 Å². The summed E-state index contributed by atoms with van der Waals surface area (Å²) >= 11 is 0. The van der Waals surface area contributed by atoms with Crippen molar-refractivity contribution >= 4 is 17.9 Å². The van der Waals surface area contributed by atoms with E-state index in [1.54, 1.807) is 19.9 Å². The van der Waals surface area contributed by atoms with Crippen molar-refractivity contribution in [2.75, 3.05) is 13.2 Å². The average molecular weight is 549 g/mol. The molecule has 0 aromatic rings. The van der Waals surface area contributed by atoms with Crippen LogP contribution in [0.3, 0.4) is 0 Å². The van der Waals surface area contributed by atoms with Crippen molar-refractivity contribution in [2.45, 2.75) is 110 Å². The number of esters is 3. The van der Waals surface area contributed by atoms with E-state index in [0.29, 0.717) is 37.5 Å². The first kappa shape index (κ1) is 27.2. The number of allylic oxidation sites excluding steroid dienone is 1. The Morgan fingerprint density at radius 1 is 1.00 bits per heavy atom. The monoisotopic (exact) mass is 548 g/mol. The molecule has 5 aliphatic heterocycles. The molecule has 0 amide bonds. The number of hydrogen-bond donors (Lipinski definition) is 0. The number of rotatable bonds is 5. The Bertz CT molecular complexity index is 1070. The standard InChI is InChI=1S/C29H40O10/c1-7-14(2)24(32)39-22-19-12-28(13-34-28)29(26(37-19)36-17(5)31)21(35-16(4)30)10-15(3)27(6,23(22)29)20-11-18-8-9-33-25(18)38-20/h7,15,18-23,25-26H,8-13H2,1-6H3. The zero-order valence-electron chi connectivity index (χ0n) is 23.6. The molecule has 0 aromatic heterocycles. The van der Waals surface area contributed by atoms with Gasteiger partial charge < -0.3 is 33.2 Å². The van der Waals surface area contributed by atoms with Crippen molar-refractivity contribution in [3.63, 3.8) is 0 Å². The molecule has 39 heavy (non-hydrogen) atoms. The molecule has 0 radical (unpaired) electrons. The van der Waals surface area contributed by atoms with Crippen LogP contribution >= 0.6 is 0 Å². The Kier molecular flexibility index (Phi) is 6.45. The lowest BCUT2D eigenvalue weighted by Gasteiger charge is -2.70. The number of carbonyl (C=O) groups is 3. The van der Waals surface area contributed by atoms with E-state index in [1.165, 1.54) is 13.8 Å². The fraction of sp³-hybridized carbons (Fsp3) is 0.828. The van der Waals surface area contributed by atoms with Gasteiger partial charge in [0.25, 0.3) is 0 Å². The van der Waals surface area contributed by atoms with Gasteiger partial charge in [0.15, 0.2) is 6.29 Å². The quantitative estimate of drug-likeness (QED) is 0.219. The summed E-state index contributed by atoms with van der Waals surface area (Å²) in [5, 5.41) is 0. The first-order valence-electron chi connectivity index (χ1n) is 14.2. The summed E-state index contributed by atoms with van der Waals surface area (Å²) in [6, 6.07) is 0. The van der Waals surface area contributed by atoms with E-state index < -0.39 is 64.9 Å². The van der Waals surface area contributed by atoms with E-state index in [1.807, 2.05) is 0 Å². The predicted molar refractivity (Wildman–Crippen MR) is 134 cm³/mol. The lowest BCUT2D eigenvalue weighted by Crippen LogP contribution is -2.81. The van der Waals surface area contributed by atoms with E-state index >= 15 is 0 Å². The largest absolute Gasteiger partial charge is 0.462 e. The second-order valence-electron chi connectivity index (χ2n) is 12.6. The topological polar surface area (TPSA) is 119 Å². The van der Waals surface area contributed by atoms with Crippen molar-refractivity contribution < 1.29 is 47.5 Å². The smallest absolute Gasteiger partial charge is 0.333 e. The molecular weight excluding hydrogens is 508 g/mol. The summed E-state index contributed by atoms with van der Waals surface area (Å²) in [5.41, 5.74) is -1.93. The van der Waals surface area contributed by atoms with Crippen LogP contribution in [-0.2, 0) is 47.5 Å². The van der Waals surface area contributed by atoms with Gasteiger partial charge in [-0.3, -0.25) is 9.59 Å². The molecule has 216 valence electrons. The van der Waals surface area contributed by atoms with E-state index in [2.05, 4.69) is 13.8 Å². The highest BCUT2D eigenvalue weighted by molar-refractivity contribution is 5.87. The second-order valence-corrected chi connectivity index (χ2v) is 12.6. The lowest BCUT2D eigenvalue weighted by atomic mass is 9.39. The molecular formula is C29H40O10. The van der Waals surface area contributed by atoms with Crippen molar-refractivity contribution in [3.05, 3.63) is 11.6 Å². The van der Waals surface area contributed by atoms with Crippen LogP contribution in [0.15, 0.2) is 11.6 Å². The third-order valence-corrected chi connectivity index (χ3v) is 10.8. The van der Waals surface area contributed by atoms with E-state index in [-0.39, 0.29) is 18.3 Å². The minimum absolute atomic E-state index is 0.00144. The molecule has 2 aliphatic carbocycles. The highest BCUT2D eigenvalue weighted by Crippen LogP contribution is 2.74. The highest BCUT2D eigenvalue weighted by atomic mass is 16.7. The molecule has 5 heterocycles. The average Bonchev–Trinajstić information content (AvgIpc) is 3.28. The summed E-state index contributed by atoms with van der Waals surface area (Å²) < 4.78 is 43.6. The maximum atomic E-state index is 13.3. The summed E-state index contributed by atoms with van der Waals surface area (Å²) in [7, 11) is 0. The molecule has 0 aromatic carbocycles. The maximum Gasteiger partial charge on any atom is 0.333 e. The normalized spacial score (nSPS) is 49.8. The van der Waals surface area contributed by atoms with Gasteiger partial charge in [-0.1, -0.05) is 19.9 Å². The van der Waals surface area contributed by atoms with Crippen LogP contribution in [0.25, 0.3) is 0 Å². The zero-order valence-corrected chi connectivity index (χ0v) is 23.6. The van der Waals surface area contributed by atoms with E-state index in [4.69, 9.17) is 33.2 Å². The summed E-state index contributed by atoms with van der Waals surface area (Å²) in [4.78, 5) is 38.2. The maximum absolute atomic E-state index is 13.3. The Morgan fingerprint density at radius 2 is 1.72 bits per heavy atom. The van der Waals surface area contributed by atoms with Gasteiger partial charge in [0.1, 0.15) is 29.3 Å². The fourth-order valence-corrected chi connectivity index (χ4v) is 8.69.